The van der Waals surface area contributed by atoms with E-state index in [1.807, 2.05) is 0 Å². The van der Waals surface area contributed by atoms with Crippen molar-refractivity contribution >= 4 is 55.8 Å². The molecule has 0 aliphatic rings. The molecule has 0 radical (unpaired) electrons. The molecule has 0 aromatic rings. The van der Waals surface area contributed by atoms with Crippen LogP contribution in [-0.4, -0.2) is 86.7 Å². The Morgan fingerprint density at radius 3 is 0.902 bits per heavy atom. The van der Waals surface area contributed by atoms with Gasteiger partial charge < -0.3 is 34.1 Å². The van der Waals surface area contributed by atoms with Gasteiger partial charge in [-0.2, -0.15) is 57.5 Å². The molecule has 0 aromatic carbocycles. The maximum Gasteiger partial charge on any atom is 0.522 e. The highest BCUT2D eigenvalue weighted by Crippen LogP contribution is 2.21. The third-order valence-electron chi connectivity index (χ3n) is 0.576. The average molecular weight is 708 g/mol. The van der Waals surface area contributed by atoms with Crippen molar-refractivity contribution in [3.63, 3.8) is 0 Å². The standard InChI is InChI=1S/2CHF3O3S.CHF3.2CH5N3.CH2O3.CO2.CH4.H2O3S.H2O/c2*2-1(3,4)8(5,6)7;4*2-1(3)4;2-1-3;;1-4(2)3;/h2*(H,5,6,7);1H;2*(H5,2,3,4);(H2,2,3,4);;1H4;(H2,1,2,3);1H2/p-2. The average Bonchev–Trinajstić information content (AvgIpc) is 2.49. The van der Waals surface area contributed by atoms with Gasteiger partial charge in [-0.05, 0) is 6.16 Å². The molecule has 0 aliphatic carbocycles. The van der Waals surface area contributed by atoms with Gasteiger partial charge in [-0.3, -0.25) is 38.3 Å². The Kier molecular flexibility index (Phi) is 55.4. The van der Waals surface area contributed by atoms with Crippen molar-refractivity contribution in [3.05, 3.63) is 0 Å². The van der Waals surface area contributed by atoms with Gasteiger partial charge in [0.25, 0.3) is 0 Å². The van der Waals surface area contributed by atoms with Crippen molar-refractivity contribution in [3.8, 4) is 0 Å². The molecule has 0 rings (SSSR count). The van der Waals surface area contributed by atoms with Gasteiger partial charge in [0.05, 0.1) is 11.4 Å². The van der Waals surface area contributed by atoms with Gasteiger partial charge in [0.2, 0.25) is 0 Å². The molecule has 256 valence electrons. The minimum atomic E-state index is -6.09. The van der Waals surface area contributed by atoms with Crippen molar-refractivity contribution in [1.82, 2.24) is 0 Å². The molecule has 0 spiro atoms. The Bertz CT molecular complexity index is 815. The number of hydrogen-bond acceptors (Lipinski definition) is 12. The van der Waals surface area contributed by atoms with Gasteiger partial charge in [-0.25, -0.2) is 12.6 Å². The molecule has 0 heterocycles. The molecule has 1 atom stereocenters. The predicted molar refractivity (Wildman–Crippen MR) is 103 cm³/mol. The van der Waals surface area contributed by atoms with Crippen LogP contribution in [0.3, 0.4) is 0 Å². The molecule has 0 fully saturated rings. The maximum atomic E-state index is 10.7. The molecular formula is C8H21F9N6O15S3-2. The largest absolute Gasteiger partial charge is 0.750 e. The lowest BCUT2D eigenvalue weighted by molar-refractivity contribution is -0.415. The van der Waals surface area contributed by atoms with E-state index < -0.39 is 55.4 Å². The van der Waals surface area contributed by atoms with Gasteiger partial charge in [0.15, 0.2) is 10.1 Å². The second-order valence-corrected chi connectivity index (χ2v) is 6.84. The summed E-state index contributed by atoms with van der Waals surface area (Å²) in [6.45, 7) is -3.67. The van der Waals surface area contributed by atoms with Crippen LogP contribution in [0.4, 0.5) is 44.3 Å². The van der Waals surface area contributed by atoms with Gasteiger partial charge in [0, 0.05) is 0 Å². The summed E-state index contributed by atoms with van der Waals surface area (Å²) >= 11 is -2.86. The molecule has 0 saturated heterocycles. The highest BCUT2D eigenvalue weighted by molar-refractivity contribution is 7.86. The van der Waals surface area contributed by atoms with Gasteiger partial charge in [0.1, 0.15) is 0 Å². The van der Waals surface area contributed by atoms with Crippen LogP contribution in [0.5, 0.6) is 0 Å². The van der Waals surface area contributed by atoms with Crippen molar-refractivity contribution in [2.24, 2.45) is 22.9 Å². The maximum absolute atomic E-state index is 10.7. The number of carbonyl (C=O) groups is 1. The molecule has 41 heavy (non-hydrogen) atoms. The van der Waals surface area contributed by atoms with Crippen LogP contribution in [0.2, 0.25) is 0 Å². The summed E-state index contributed by atoms with van der Waals surface area (Å²) < 4.78 is 170. The molecule has 0 bridgehead atoms. The van der Waals surface area contributed by atoms with Crippen LogP contribution < -0.4 is 44.0 Å². The highest BCUT2D eigenvalue weighted by atomic mass is 32.2. The Balaban J connectivity index is -0.0000000342. The summed E-state index contributed by atoms with van der Waals surface area (Å²) in [6.07, 6.45) is -2.08. The van der Waals surface area contributed by atoms with Crippen molar-refractivity contribution < 1.29 is 120 Å². The second kappa shape index (κ2) is 34.4. The first-order valence-corrected chi connectivity index (χ1v) is 10.4. The quantitative estimate of drug-likeness (QED) is 0.0289. The summed E-state index contributed by atoms with van der Waals surface area (Å²) in [5.41, 5.74) is 7.15. The molecule has 0 aromatic heterocycles. The monoisotopic (exact) mass is 708 g/mol. The predicted octanol–water partition coefficient (Wildman–Crippen LogP) is -8.22. The number of carboxylic acid groups (broad SMARTS) is 2. The number of guanidine groups is 2. The van der Waals surface area contributed by atoms with Crippen LogP contribution in [-0.2, 0) is 41.2 Å². The van der Waals surface area contributed by atoms with E-state index in [9.17, 15) is 39.5 Å². The molecule has 0 amide bonds. The van der Waals surface area contributed by atoms with E-state index in [1.165, 1.54) is 0 Å². The zero-order valence-corrected chi connectivity index (χ0v) is 20.4. The van der Waals surface area contributed by atoms with E-state index >= 15 is 0 Å². The fourth-order valence-corrected chi connectivity index (χ4v) is 0. The van der Waals surface area contributed by atoms with Crippen molar-refractivity contribution in [2.45, 2.75) is 25.1 Å². The minimum Gasteiger partial charge on any atom is -0.750 e. The normalized spacial score (nSPS) is 9.80. The molecule has 21 nitrogen and oxygen atoms in total. The van der Waals surface area contributed by atoms with Crippen LogP contribution in [0.1, 0.15) is 7.43 Å². The SMILES string of the molecule is C.FC(F)F.NC(N)=[NH2+].NC(N)=[NH2+].O.O=C([O-])[O-].O=C=O.O=S(=O)(O)C(F)(F)F.O=S(=O)([O-])C(F)(F)F.O=S([O-])O. The Morgan fingerprint density at radius 2 is 0.902 bits per heavy atom. The van der Waals surface area contributed by atoms with E-state index in [-0.39, 0.29) is 31.0 Å². The first-order chi connectivity index (χ1) is 16.6. The lowest BCUT2D eigenvalue weighted by atomic mass is 11.1. The van der Waals surface area contributed by atoms with Gasteiger partial charge in [-0.15, -0.1) is 0 Å². The molecule has 1 unspecified atom stereocenters. The van der Waals surface area contributed by atoms with Crippen molar-refractivity contribution in [2.75, 3.05) is 0 Å². The summed E-state index contributed by atoms with van der Waals surface area (Å²) in [7, 11) is -11.9. The number of rotatable bonds is 0. The number of alkyl halides is 9. The van der Waals surface area contributed by atoms with Gasteiger partial charge >= 0.3 is 45.9 Å². The number of halogens is 9. The van der Waals surface area contributed by atoms with E-state index in [0.29, 0.717) is 0 Å². The van der Waals surface area contributed by atoms with Crippen LogP contribution in [0, 0.1) is 0 Å². The topological polar surface area (TPSA) is 456 Å². The zero-order valence-electron chi connectivity index (χ0n) is 18.0. The van der Waals surface area contributed by atoms with Crippen molar-refractivity contribution in [1.29, 1.82) is 0 Å². The summed E-state index contributed by atoms with van der Waals surface area (Å²) in [5.74, 6) is -0.167. The van der Waals surface area contributed by atoms with Crippen LogP contribution in [0.15, 0.2) is 0 Å². The Labute approximate surface area is 224 Å². The lowest BCUT2D eigenvalue weighted by Crippen LogP contribution is -2.51. The number of carbonyl (C=O) groups excluding carboxylic acids is 3. The lowest BCUT2D eigenvalue weighted by Gasteiger charge is -2.08. The summed E-state index contributed by atoms with van der Waals surface area (Å²) in [6, 6.07) is 0. The Hall–Kier alpha value is -3.59. The van der Waals surface area contributed by atoms with Crippen LogP contribution in [0.25, 0.3) is 0 Å². The van der Waals surface area contributed by atoms with E-state index in [4.69, 9.17) is 63.9 Å². The fraction of sp³-hybridized carbons (Fsp3) is 0.500. The first-order valence-electron chi connectivity index (χ1n) is 6.48. The van der Waals surface area contributed by atoms with E-state index in [2.05, 4.69) is 33.8 Å². The third-order valence-corrected chi connectivity index (χ3v) is 1.73. The summed E-state index contributed by atoms with van der Waals surface area (Å²) in [5, 5.41) is 25.8. The Morgan fingerprint density at radius 1 is 0.854 bits per heavy atom. The number of nitrogens with two attached hydrogens (primary N) is 6. The smallest absolute Gasteiger partial charge is 0.522 e. The molecule has 0 saturated carbocycles. The van der Waals surface area contributed by atoms with E-state index in [1.54, 1.807) is 0 Å². The fourth-order valence-electron chi connectivity index (χ4n) is 0. The van der Waals surface area contributed by atoms with E-state index in [0.717, 1.165) is 0 Å². The molecular weight excluding hydrogens is 687 g/mol. The minimum absolute atomic E-state index is 0. The third kappa shape index (κ3) is 208. The highest BCUT2D eigenvalue weighted by Gasteiger charge is 2.44. The number of hydrogen-bond donors (Lipinski definition) is 8. The van der Waals surface area contributed by atoms with Crippen LogP contribution >= 0.6 is 0 Å². The first kappa shape index (κ1) is 66.0. The molecule has 0 aliphatic heterocycles. The second-order valence-electron chi connectivity index (χ2n) is 3.62. The molecule has 33 heteroatoms. The summed E-state index contributed by atoms with van der Waals surface area (Å²) in [4.78, 5) is 24.6. The van der Waals surface area contributed by atoms with Gasteiger partial charge in [-0.1, -0.05) is 7.43 Å². The zero-order chi connectivity index (χ0) is 34.6. The molecule has 16 N–H and O–H groups in total.